The molecule has 0 aromatic heterocycles. The molecule has 0 bridgehead atoms. The van der Waals surface area contributed by atoms with Crippen LogP contribution in [-0.4, -0.2) is 7.11 Å². The summed E-state index contributed by atoms with van der Waals surface area (Å²) in [6.45, 7) is 3.91. The van der Waals surface area contributed by atoms with Gasteiger partial charge in [-0.1, -0.05) is 18.2 Å². The Bertz CT molecular complexity index is 955. The zero-order valence-electron chi connectivity index (χ0n) is 17.1. The molecule has 2 aliphatic carbocycles. The zero-order chi connectivity index (χ0) is 21.4. The molecule has 2 saturated carbocycles. The normalized spacial score (nSPS) is 26.2. The maximum absolute atomic E-state index is 15.0. The Morgan fingerprint density at radius 3 is 2.13 bits per heavy atom. The lowest BCUT2D eigenvalue weighted by Gasteiger charge is -2.41. The van der Waals surface area contributed by atoms with Crippen LogP contribution in [0, 0.1) is 41.0 Å². The van der Waals surface area contributed by atoms with Crippen LogP contribution in [0.4, 0.5) is 17.6 Å². The standard InChI is InChI=1S/C25H26F4O/c1-3-14-4-5-16-13-17(7-6-15(16)12-14)18-8-9-19(23(27)22(18)26)20-10-11-21(30-2)25(29)24(20)28/h3,8-11,14-17H,1,4-7,12-13H2,2H3. The molecule has 4 atom stereocenters. The maximum Gasteiger partial charge on any atom is 0.201 e. The molecule has 1 nitrogen and oxygen atoms in total. The van der Waals surface area contributed by atoms with Crippen LogP contribution < -0.4 is 4.74 Å². The van der Waals surface area contributed by atoms with Crippen molar-refractivity contribution in [1.29, 1.82) is 0 Å². The Hall–Kier alpha value is -2.30. The lowest BCUT2D eigenvalue weighted by atomic mass is 9.64. The first-order chi connectivity index (χ1) is 14.4. The molecule has 2 aliphatic rings. The van der Waals surface area contributed by atoms with Crippen LogP contribution in [0.15, 0.2) is 36.9 Å². The fraction of sp³-hybridized carbons (Fsp3) is 0.440. The molecule has 4 unspecified atom stereocenters. The lowest BCUT2D eigenvalue weighted by Crippen LogP contribution is -2.30. The highest BCUT2D eigenvalue weighted by Gasteiger charge is 2.36. The van der Waals surface area contributed by atoms with E-state index in [1.165, 1.54) is 31.4 Å². The van der Waals surface area contributed by atoms with Gasteiger partial charge in [0, 0.05) is 11.1 Å². The largest absolute Gasteiger partial charge is 0.494 e. The van der Waals surface area contributed by atoms with E-state index in [2.05, 4.69) is 6.58 Å². The third-order valence-corrected chi connectivity index (χ3v) is 7.10. The number of hydrogen-bond donors (Lipinski definition) is 0. The summed E-state index contributed by atoms with van der Waals surface area (Å²) in [5.41, 5.74) is -0.256. The summed E-state index contributed by atoms with van der Waals surface area (Å²) in [4.78, 5) is 0. The number of hydrogen-bond acceptors (Lipinski definition) is 1. The van der Waals surface area contributed by atoms with Gasteiger partial charge in [-0.25, -0.2) is 13.2 Å². The minimum absolute atomic E-state index is 0.0486. The monoisotopic (exact) mass is 418 g/mol. The highest BCUT2D eigenvalue weighted by molar-refractivity contribution is 5.66. The Labute approximate surface area is 174 Å². The molecule has 2 aromatic rings. The number of rotatable bonds is 4. The molecule has 2 aromatic carbocycles. The van der Waals surface area contributed by atoms with Crippen LogP contribution in [0.3, 0.4) is 0 Å². The predicted molar refractivity (Wildman–Crippen MR) is 109 cm³/mol. The molecular formula is C25H26F4O. The van der Waals surface area contributed by atoms with E-state index in [1.54, 1.807) is 0 Å². The maximum atomic E-state index is 15.0. The van der Waals surface area contributed by atoms with E-state index in [0.717, 1.165) is 38.5 Å². The lowest BCUT2D eigenvalue weighted by molar-refractivity contribution is 0.132. The molecule has 0 spiro atoms. The number of benzene rings is 2. The van der Waals surface area contributed by atoms with E-state index in [1.807, 2.05) is 6.08 Å². The zero-order valence-corrected chi connectivity index (χ0v) is 17.1. The molecule has 4 rings (SSSR count). The minimum atomic E-state index is -1.25. The van der Waals surface area contributed by atoms with Crippen molar-refractivity contribution < 1.29 is 22.3 Å². The molecule has 0 amide bonds. The second kappa shape index (κ2) is 8.44. The number of halogens is 4. The molecule has 0 heterocycles. The van der Waals surface area contributed by atoms with Crippen LogP contribution in [0.2, 0.25) is 0 Å². The van der Waals surface area contributed by atoms with Crippen molar-refractivity contribution in [2.24, 2.45) is 17.8 Å². The molecule has 0 saturated heterocycles. The van der Waals surface area contributed by atoms with E-state index in [4.69, 9.17) is 4.74 Å². The summed E-state index contributed by atoms with van der Waals surface area (Å²) in [5.74, 6) is -3.16. The average molecular weight is 418 g/mol. The Balaban J connectivity index is 1.60. The molecule has 30 heavy (non-hydrogen) atoms. The molecule has 2 fully saturated rings. The van der Waals surface area contributed by atoms with E-state index in [9.17, 15) is 13.2 Å². The van der Waals surface area contributed by atoms with Crippen molar-refractivity contribution >= 4 is 0 Å². The number of allylic oxidation sites excluding steroid dienone is 1. The van der Waals surface area contributed by atoms with Gasteiger partial charge in [0.2, 0.25) is 5.82 Å². The highest BCUT2D eigenvalue weighted by atomic mass is 19.2. The SMILES string of the molecule is C=CC1CCC2CC(c3ccc(-c4ccc(OC)c(F)c4F)c(F)c3F)CCC2C1. The van der Waals surface area contributed by atoms with Crippen LogP contribution in [0.5, 0.6) is 5.75 Å². The predicted octanol–water partition coefficient (Wildman–Crippen LogP) is 7.40. The Morgan fingerprint density at radius 1 is 0.800 bits per heavy atom. The summed E-state index contributed by atoms with van der Waals surface area (Å²) in [5, 5.41) is 0. The van der Waals surface area contributed by atoms with E-state index < -0.39 is 23.3 Å². The molecule has 0 N–H and O–H groups in total. The Kier molecular flexibility index (Phi) is 5.90. The van der Waals surface area contributed by atoms with E-state index >= 15 is 4.39 Å². The molecule has 0 radical (unpaired) electrons. The third-order valence-electron chi connectivity index (χ3n) is 7.10. The van der Waals surface area contributed by atoms with Gasteiger partial charge in [-0.05, 0) is 79.9 Å². The molecule has 0 aliphatic heterocycles. The van der Waals surface area contributed by atoms with Crippen LogP contribution in [0.25, 0.3) is 11.1 Å². The minimum Gasteiger partial charge on any atom is -0.494 e. The van der Waals surface area contributed by atoms with Gasteiger partial charge < -0.3 is 4.74 Å². The van der Waals surface area contributed by atoms with Crippen LogP contribution in [0.1, 0.15) is 50.0 Å². The van der Waals surface area contributed by atoms with Gasteiger partial charge >= 0.3 is 0 Å². The van der Waals surface area contributed by atoms with Gasteiger partial charge in [0.15, 0.2) is 23.2 Å². The van der Waals surface area contributed by atoms with E-state index in [0.29, 0.717) is 23.3 Å². The molecular weight excluding hydrogens is 392 g/mol. The number of methoxy groups -OCH3 is 1. The summed E-state index contributed by atoms with van der Waals surface area (Å²) >= 11 is 0. The van der Waals surface area contributed by atoms with Crippen molar-refractivity contribution in [2.75, 3.05) is 7.11 Å². The van der Waals surface area contributed by atoms with Gasteiger partial charge in [0.1, 0.15) is 0 Å². The summed E-state index contributed by atoms with van der Waals surface area (Å²) < 4.78 is 63.1. The fourth-order valence-corrected chi connectivity index (χ4v) is 5.41. The number of fused-ring (bicyclic) bond motifs is 1. The molecule has 5 heteroatoms. The summed E-state index contributed by atoms with van der Waals surface area (Å²) in [7, 11) is 1.21. The first-order valence-corrected chi connectivity index (χ1v) is 10.6. The van der Waals surface area contributed by atoms with Gasteiger partial charge in [-0.2, -0.15) is 4.39 Å². The van der Waals surface area contributed by atoms with E-state index in [-0.39, 0.29) is 22.8 Å². The van der Waals surface area contributed by atoms with Crippen molar-refractivity contribution in [1.82, 2.24) is 0 Å². The van der Waals surface area contributed by atoms with Crippen LogP contribution >= 0.6 is 0 Å². The van der Waals surface area contributed by atoms with Gasteiger partial charge in [-0.15, -0.1) is 6.58 Å². The fourth-order valence-electron chi connectivity index (χ4n) is 5.41. The topological polar surface area (TPSA) is 9.23 Å². The average Bonchev–Trinajstić information content (AvgIpc) is 2.77. The first-order valence-electron chi connectivity index (χ1n) is 10.6. The third kappa shape index (κ3) is 3.63. The number of ether oxygens (including phenoxy) is 1. The second-order valence-corrected chi connectivity index (χ2v) is 8.61. The van der Waals surface area contributed by atoms with Crippen molar-refractivity contribution in [3.8, 4) is 16.9 Å². The highest BCUT2D eigenvalue weighted by Crippen LogP contribution is 2.48. The van der Waals surface area contributed by atoms with Crippen molar-refractivity contribution in [3.63, 3.8) is 0 Å². The second-order valence-electron chi connectivity index (χ2n) is 8.61. The first kappa shape index (κ1) is 21.0. The summed E-state index contributed by atoms with van der Waals surface area (Å²) in [6.07, 6.45) is 8.03. The molecule has 160 valence electrons. The summed E-state index contributed by atoms with van der Waals surface area (Å²) in [6, 6.07) is 5.31. The van der Waals surface area contributed by atoms with Gasteiger partial charge in [0.05, 0.1) is 7.11 Å². The van der Waals surface area contributed by atoms with Gasteiger partial charge in [-0.3, -0.25) is 0 Å². The smallest absolute Gasteiger partial charge is 0.201 e. The Morgan fingerprint density at radius 2 is 1.43 bits per heavy atom. The van der Waals surface area contributed by atoms with Crippen molar-refractivity contribution in [3.05, 3.63) is 65.8 Å². The quantitative estimate of drug-likeness (QED) is 0.371. The van der Waals surface area contributed by atoms with Crippen LogP contribution in [-0.2, 0) is 0 Å². The van der Waals surface area contributed by atoms with Gasteiger partial charge in [0.25, 0.3) is 0 Å². The van der Waals surface area contributed by atoms with Crippen molar-refractivity contribution in [2.45, 2.75) is 44.4 Å².